The van der Waals surface area contributed by atoms with Crippen molar-refractivity contribution in [2.24, 2.45) is 4.99 Å². The number of aromatic nitrogens is 1. The molecule has 0 bridgehead atoms. The highest BCUT2D eigenvalue weighted by Gasteiger charge is 2.33. The predicted octanol–water partition coefficient (Wildman–Crippen LogP) is 6.63. The number of para-hydroxylation sites is 2. The molecule has 1 saturated heterocycles. The summed E-state index contributed by atoms with van der Waals surface area (Å²) in [6.45, 7) is 2.66. The fourth-order valence-corrected chi connectivity index (χ4v) is 5.01. The molecule has 34 heavy (non-hydrogen) atoms. The van der Waals surface area contributed by atoms with Crippen LogP contribution in [0.4, 0.5) is 5.69 Å². The van der Waals surface area contributed by atoms with Crippen LogP contribution < -0.4 is 0 Å². The Labute approximate surface area is 204 Å². The van der Waals surface area contributed by atoms with Crippen LogP contribution >= 0.6 is 11.8 Å². The highest BCUT2D eigenvalue weighted by Crippen LogP contribution is 2.34. The summed E-state index contributed by atoms with van der Waals surface area (Å²) in [5.74, 6) is 0.000673. The first-order valence-corrected chi connectivity index (χ1v) is 12.1. The molecule has 0 saturated carbocycles. The highest BCUT2D eigenvalue weighted by molar-refractivity contribution is 8.18. The lowest BCUT2D eigenvalue weighted by Crippen LogP contribution is -2.31. The number of nitrogens with zero attached hydrogens (tertiary/aromatic N) is 3. The van der Waals surface area contributed by atoms with Crippen LogP contribution in [0, 0.1) is 6.92 Å². The third kappa shape index (κ3) is 4.90. The summed E-state index contributed by atoms with van der Waals surface area (Å²) in [6, 6.07) is 32.4. The van der Waals surface area contributed by atoms with Gasteiger partial charge in [-0.25, -0.2) is 4.99 Å². The van der Waals surface area contributed by atoms with Gasteiger partial charge in [-0.05, 0) is 72.6 Å². The number of rotatable bonds is 6. The Morgan fingerprint density at radius 3 is 2.24 bits per heavy atom. The van der Waals surface area contributed by atoms with Crippen molar-refractivity contribution >= 4 is 34.6 Å². The van der Waals surface area contributed by atoms with E-state index in [0.29, 0.717) is 11.4 Å². The van der Waals surface area contributed by atoms with Gasteiger partial charge >= 0.3 is 0 Å². The molecule has 5 rings (SSSR count). The molecule has 0 spiro atoms. The molecule has 1 amide bonds. The molecule has 0 radical (unpaired) electrons. The van der Waals surface area contributed by atoms with E-state index in [1.165, 1.54) is 17.3 Å². The van der Waals surface area contributed by atoms with Gasteiger partial charge < -0.3 is 4.57 Å². The topological polar surface area (TPSA) is 37.6 Å². The third-order valence-corrected chi connectivity index (χ3v) is 6.71. The van der Waals surface area contributed by atoms with Crippen LogP contribution in [0.5, 0.6) is 0 Å². The maximum absolute atomic E-state index is 13.4. The van der Waals surface area contributed by atoms with Crippen molar-refractivity contribution < 1.29 is 4.79 Å². The van der Waals surface area contributed by atoms with E-state index in [-0.39, 0.29) is 5.91 Å². The smallest absolute Gasteiger partial charge is 0.266 e. The minimum atomic E-state index is 0.000673. The van der Waals surface area contributed by atoms with Crippen molar-refractivity contribution in [2.45, 2.75) is 13.3 Å². The molecule has 3 aromatic carbocycles. The van der Waals surface area contributed by atoms with E-state index >= 15 is 0 Å². The zero-order valence-corrected chi connectivity index (χ0v) is 19.8. The number of amides is 1. The van der Waals surface area contributed by atoms with E-state index in [9.17, 15) is 4.79 Å². The first-order chi connectivity index (χ1) is 16.7. The zero-order chi connectivity index (χ0) is 23.3. The quantitative estimate of drug-likeness (QED) is 0.301. The Morgan fingerprint density at radius 2 is 1.53 bits per heavy atom. The van der Waals surface area contributed by atoms with Crippen LogP contribution in [-0.4, -0.2) is 27.1 Å². The van der Waals surface area contributed by atoms with Crippen LogP contribution in [-0.2, 0) is 11.2 Å². The maximum Gasteiger partial charge on any atom is 0.266 e. The average Bonchev–Trinajstić information content (AvgIpc) is 3.38. The van der Waals surface area contributed by atoms with Crippen molar-refractivity contribution in [3.8, 4) is 5.69 Å². The molecule has 4 aromatic rings. The number of aryl methyl sites for hydroxylation is 1. The molecule has 1 aliphatic heterocycles. The van der Waals surface area contributed by atoms with E-state index in [1.807, 2.05) is 72.8 Å². The standard InChI is InChI=1S/C29H25N3OS/c1-22-19-24(21-32(22)26-15-9-4-10-16-26)20-27-28(33)31(18-17-23-11-5-2-6-12-23)29(34-27)30-25-13-7-3-8-14-25/h2-16,19-21H,17-18H2,1H3/b27-20+,30-29?. The van der Waals surface area contributed by atoms with Crippen molar-refractivity contribution in [3.63, 3.8) is 0 Å². The monoisotopic (exact) mass is 463 g/mol. The molecule has 0 aliphatic carbocycles. The van der Waals surface area contributed by atoms with Gasteiger partial charge in [0.05, 0.1) is 10.6 Å². The molecule has 1 aliphatic rings. The van der Waals surface area contributed by atoms with Crippen LogP contribution in [0.3, 0.4) is 0 Å². The number of carbonyl (C=O) groups is 1. The molecule has 1 aromatic heterocycles. The summed E-state index contributed by atoms with van der Waals surface area (Å²) in [5, 5.41) is 0.720. The SMILES string of the molecule is Cc1cc(/C=C2/SC(=Nc3ccccc3)N(CCc3ccccc3)C2=O)cn1-c1ccccc1. The van der Waals surface area contributed by atoms with Crippen molar-refractivity contribution in [2.75, 3.05) is 6.54 Å². The number of thioether (sulfide) groups is 1. The Kier molecular flexibility index (Phi) is 6.45. The second kappa shape index (κ2) is 9.98. The second-order valence-corrected chi connectivity index (χ2v) is 9.16. The molecule has 1 fully saturated rings. The minimum absolute atomic E-state index is 0.000673. The molecule has 0 atom stereocenters. The zero-order valence-electron chi connectivity index (χ0n) is 19.0. The molecule has 2 heterocycles. The molecule has 4 nitrogen and oxygen atoms in total. The summed E-state index contributed by atoms with van der Waals surface area (Å²) in [6.07, 6.45) is 4.83. The van der Waals surface area contributed by atoms with Crippen LogP contribution in [0.15, 0.2) is 113 Å². The van der Waals surface area contributed by atoms with E-state index in [1.54, 1.807) is 4.90 Å². The van der Waals surface area contributed by atoms with E-state index in [2.05, 4.69) is 48.0 Å². The van der Waals surface area contributed by atoms with Gasteiger partial charge in [-0.3, -0.25) is 9.69 Å². The Balaban J connectivity index is 1.44. The molecule has 168 valence electrons. The summed E-state index contributed by atoms with van der Waals surface area (Å²) >= 11 is 1.44. The number of hydrogen-bond acceptors (Lipinski definition) is 3. The lowest BCUT2D eigenvalue weighted by Gasteiger charge is -2.15. The molecule has 0 N–H and O–H groups in total. The van der Waals surface area contributed by atoms with Crippen molar-refractivity contribution in [1.29, 1.82) is 0 Å². The lowest BCUT2D eigenvalue weighted by molar-refractivity contribution is -0.122. The van der Waals surface area contributed by atoms with Gasteiger partial charge in [0.2, 0.25) is 0 Å². The van der Waals surface area contributed by atoms with Crippen molar-refractivity contribution in [3.05, 3.63) is 125 Å². The molecular formula is C29H25N3OS. The summed E-state index contributed by atoms with van der Waals surface area (Å²) in [5.41, 5.74) is 5.27. The highest BCUT2D eigenvalue weighted by atomic mass is 32.2. The first-order valence-electron chi connectivity index (χ1n) is 11.3. The van der Waals surface area contributed by atoms with Crippen LogP contribution in [0.1, 0.15) is 16.8 Å². The van der Waals surface area contributed by atoms with Crippen LogP contribution in [0.25, 0.3) is 11.8 Å². The lowest BCUT2D eigenvalue weighted by atomic mass is 10.1. The van der Waals surface area contributed by atoms with E-state index in [0.717, 1.165) is 34.2 Å². The summed E-state index contributed by atoms with van der Waals surface area (Å²) in [4.78, 5) is 20.7. The largest absolute Gasteiger partial charge is 0.321 e. The number of benzene rings is 3. The predicted molar refractivity (Wildman–Crippen MR) is 141 cm³/mol. The maximum atomic E-state index is 13.4. The van der Waals surface area contributed by atoms with Gasteiger partial charge in [-0.15, -0.1) is 0 Å². The second-order valence-electron chi connectivity index (χ2n) is 8.15. The normalized spacial score (nSPS) is 16.0. The van der Waals surface area contributed by atoms with Gasteiger partial charge in [0.25, 0.3) is 5.91 Å². The molecule has 0 unspecified atom stereocenters. The summed E-state index contributed by atoms with van der Waals surface area (Å²) in [7, 11) is 0. The Morgan fingerprint density at radius 1 is 0.882 bits per heavy atom. The Hall–Kier alpha value is -3.83. The van der Waals surface area contributed by atoms with Gasteiger partial charge in [0.15, 0.2) is 5.17 Å². The summed E-state index contributed by atoms with van der Waals surface area (Å²) < 4.78 is 2.14. The minimum Gasteiger partial charge on any atom is -0.321 e. The average molecular weight is 464 g/mol. The van der Waals surface area contributed by atoms with Gasteiger partial charge in [-0.1, -0.05) is 66.7 Å². The first kappa shape index (κ1) is 22.0. The van der Waals surface area contributed by atoms with Crippen LogP contribution in [0.2, 0.25) is 0 Å². The molecular weight excluding hydrogens is 438 g/mol. The number of hydrogen-bond donors (Lipinski definition) is 0. The van der Waals surface area contributed by atoms with E-state index < -0.39 is 0 Å². The number of carbonyl (C=O) groups excluding carboxylic acids is 1. The van der Waals surface area contributed by atoms with E-state index in [4.69, 9.17) is 4.99 Å². The molecule has 5 heteroatoms. The fraction of sp³-hybridized carbons (Fsp3) is 0.103. The van der Waals surface area contributed by atoms with Gasteiger partial charge in [-0.2, -0.15) is 0 Å². The third-order valence-electron chi connectivity index (χ3n) is 5.70. The van der Waals surface area contributed by atoms with Gasteiger partial charge in [0.1, 0.15) is 0 Å². The number of aliphatic imine (C=N–C) groups is 1. The Bertz CT molecular complexity index is 1340. The van der Waals surface area contributed by atoms with Crippen molar-refractivity contribution in [1.82, 2.24) is 9.47 Å². The fourth-order valence-electron chi connectivity index (χ4n) is 3.98. The van der Waals surface area contributed by atoms with Gasteiger partial charge in [0, 0.05) is 24.1 Å². The number of amidine groups is 1.